The van der Waals surface area contributed by atoms with E-state index in [4.69, 9.17) is 5.73 Å². The second kappa shape index (κ2) is 6.33. The Balaban J connectivity index is 2.19. The van der Waals surface area contributed by atoms with E-state index in [1.807, 2.05) is 6.07 Å². The Morgan fingerprint density at radius 2 is 2.30 bits per heavy atom. The molecule has 1 aromatic carbocycles. The highest BCUT2D eigenvalue weighted by Crippen LogP contribution is 2.30. The van der Waals surface area contributed by atoms with Crippen LogP contribution < -0.4 is 5.73 Å². The van der Waals surface area contributed by atoms with E-state index in [9.17, 15) is 10.1 Å². The molecule has 1 aliphatic rings. The van der Waals surface area contributed by atoms with Crippen molar-refractivity contribution in [2.45, 2.75) is 38.8 Å². The molecular formula is C15H23N3O2. The molecule has 3 unspecified atom stereocenters. The van der Waals surface area contributed by atoms with Crippen molar-refractivity contribution in [3.05, 3.63) is 39.9 Å². The summed E-state index contributed by atoms with van der Waals surface area (Å²) in [6, 6.07) is 7.38. The Morgan fingerprint density at radius 1 is 1.55 bits per heavy atom. The molecule has 0 radical (unpaired) electrons. The zero-order valence-corrected chi connectivity index (χ0v) is 12.2. The van der Waals surface area contributed by atoms with Crippen molar-refractivity contribution in [1.29, 1.82) is 0 Å². The standard InChI is InChI=1S/C15H23N3O2/c1-3-15(17-8-7-11(2)14(16)10-17)12-5-4-6-13(9-12)18(19)20/h4-6,9,11,14-15H,3,7-8,10,16H2,1-2H3. The van der Waals surface area contributed by atoms with Crippen LogP contribution in [0.4, 0.5) is 5.69 Å². The minimum absolute atomic E-state index is 0.163. The first-order valence-corrected chi connectivity index (χ1v) is 7.27. The van der Waals surface area contributed by atoms with Crippen LogP contribution in [0.2, 0.25) is 0 Å². The third-order valence-corrected chi connectivity index (χ3v) is 4.34. The van der Waals surface area contributed by atoms with Gasteiger partial charge in [-0.2, -0.15) is 0 Å². The smallest absolute Gasteiger partial charge is 0.269 e. The maximum atomic E-state index is 10.9. The molecule has 0 spiro atoms. The maximum absolute atomic E-state index is 10.9. The first kappa shape index (κ1) is 14.9. The van der Waals surface area contributed by atoms with E-state index in [1.165, 1.54) is 0 Å². The molecule has 0 bridgehead atoms. The van der Waals surface area contributed by atoms with Gasteiger partial charge in [-0.25, -0.2) is 0 Å². The molecule has 1 aromatic rings. The minimum atomic E-state index is -0.333. The lowest BCUT2D eigenvalue weighted by molar-refractivity contribution is -0.385. The number of nitrogens with zero attached hydrogens (tertiary/aromatic N) is 2. The van der Waals surface area contributed by atoms with E-state index < -0.39 is 0 Å². The molecule has 3 atom stereocenters. The van der Waals surface area contributed by atoms with Crippen molar-refractivity contribution in [2.24, 2.45) is 11.7 Å². The van der Waals surface area contributed by atoms with Gasteiger partial charge in [0.1, 0.15) is 0 Å². The number of likely N-dealkylation sites (tertiary alicyclic amines) is 1. The van der Waals surface area contributed by atoms with Crippen LogP contribution in [0, 0.1) is 16.0 Å². The highest BCUT2D eigenvalue weighted by Gasteiger charge is 2.28. The second-order valence-corrected chi connectivity index (χ2v) is 5.70. The summed E-state index contributed by atoms with van der Waals surface area (Å²) in [6.07, 6.45) is 2.02. The molecule has 2 rings (SSSR count). The van der Waals surface area contributed by atoms with Gasteiger partial charge in [0.05, 0.1) is 4.92 Å². The van der Waals surface area contributed by atoms with Crippen LogP contribution in [-0.2, 0) is 0 Å². The summed E-state index contributed by atoms with van der Waals surface area (Å²) in [6.45, 7) is 6.18. The monoisotopic (exact) mass is 277 g/mol. The highest BCUT2D eigenvalue weighted by molar-refractivity contribution is 5.35. The van der Waals surface area contributed by atoms with Crippen LogP contribution in [0.1, 0.15) is 38.3 Å². The zero-order valence-electron chi connectivity index (χ0n) is 12.2. The van der Waals surface area contributed by atoms with Crippen molar-refractivity contribution in [2.75, 3.05) is 13.1 Å². The topological polar surface area (TPSA) is 72.4 Å². The van der Waals surface area contributed by atoms with Crippen LogP contribution >= 0.6 is 0 Å². The molecule has 0 saturated carbocycles. The quantitative estimate of drug-likeness (QED) is 0.678. The molecule has 5 heteroatoms. The summed E-state index contributed by atoms with van der Waals surface area (Å²) in [7, 11) is 0. The summed E-state index contributed by atoms with van der Waals surface area (Å²) < 4.78 is 0. The van der Waals surface area contributed by atoms with Crippen molar-refractivity contribution in [1.82, 2.24) is 4.90 Å². The SMILES string of the molecule is CCC(c1cccc([N+](=O)[O-])c1)N1CCC(C)C(N)C1. The fourth-order valence-electron chi connectivity index (χ4n) is 2.96. The maximum Gasteiger partial charge on any atom is 0.269 e. The number of non-ortho nitro benzene ring substituents is 1. The average Bonchev–Trinajstić information content (AvgIpc) is 2.44. The molecule has 2 N–H and O–H groups in total. The van der Waals surface area contributed by atoms with Gasteiger partial charge < -0.3 is 5.73 Å². The van der Waals surface area contributed by atoms with Gasteiger partial charge >= 0.3 is 0 Å². The largest absolute Gasteiger partial charge is 0.326 e. The summed E-state index contributed by atoms with van der Waals surface area (Å²) in [5.41, 5.74) is 7.35. The van der Waals surface area contributed by atoms with Crippen molar-refractivity contribution >= 4 is 5.69 Å². The van der Waals surface area contributed by atoms with E-state index in [2.05, 4.69) is 18.7 Å². The summed E-state index contributed by atoms with van der Waals surface area (Å²) in [5, 5.41) is 10.9. The number of nitro groups is 1. The molecule has 110 valence electrons. The summed E-state index contributed by atoms with van der Waals surface area (Å²) >= 11 is 0. The lowest BCUT2D eigenvalue weighted by atomic mass is 9.91. The van der Waals surface area contributed by atoms with Crippen LogP contribution in [0.15, 0.2) is 24.3 Å². The predicted molar refractivity (Wildman–Crippen MR) is 79.5 cm³/mol. The van der Waals surface area contributed by atoms with Crippen molar-refractivity contribution in [3.8, 4) is 0 Å². The number of nitro benzene ring substituents is 1. The molecule has 1 fully saturated rings. The fraction of sp³-hybridized carbons (Fsp3) is 0.600. The van der Waals surface area contributed by atoms with E-state index in [0.29, 0.717) is 5.92 Å². The number of hydrogen-bond acceptors (Lipinski definition) is 4. The molecule has 0 amide bonds. The molecule has 0 aliphatic carbocycles. The van der Waals surface area contributed by atoms with Gasteiger partial charge in [0, 0.05) is 30.8 Å². The lowest BCUT2D eigenvalue weighted by Gasteiger charge is -2.39. The number of nitrogens with two attached hydrogens (primary N) is 1. The van der Waals surface area contributed by atoms with Gasteiger partial charge in [-0.3, -0.25) is 15.0 Å². The average molecular weight is 277 g/mol. The molecule has 5 nitrogen and oxygen atoms in total. The van der Waals surface area contributed by atoms with Crippen molar-refractivity contribution < 1.29 is 4.92 Å². The third kappa shape index (κ3) is 3.16. The number of benzene rings is 1. The zero-order chi connectivity index (χ0) is 14.7. The number of piperidine rings is 1. The van der Waals surface area contributed by atoms with Gasteiger partial charge in [-0.05, 0) is 30.9 Å². The number of rotatable bonds is 4. The van der Waals surface area contributed by atoms with E-state index >= 15 is 0 Å². The molecule has 0 aromatic heterocycles. The molecule has 20 heavy (non-hydrogen) atoms. The summed E-state index contributed by atoms with van der Waals surface area (Å²) in [5.74, 6) is 0.550. The van der Waals surface area contributed by atoms with Crippen LogP contribution in [0.5, 0.6) is 0 Å². The van der Waals surface area contributed by atoms with Gasteiger partial charge in [-0.15, -0.1) is 0 Å². The molecular weight excluding hydrogens is 254 g/mol. The Morgan fingerprint density at radius 3 is 2.90 bits per heavy atom. The van der Waals surface area contributed by atoms with Crippen LogP contribution in [0.3, 0.4) is 0 Å². The van der Waals surface area contributed by atoms with Crippen LogP contribution in [0.25, 0.3) is 0 Å². The first-order chi connectivity index (χ1) is 9.52. The highest BCUT2D eigenvalue weighted by atomic mass is 16.6. The van der Waals surface area contributed by atoms with Crippen LogP contribution in [-0.4, -0.2) is 29.0 Å². The van der Waals surface area contributed by atoms with E-state index in [1.54, 1.807) is 18.2 Å². The van der Waals surface area contributed by atoms with Crippen molar-refractivity contribution in [3.63, 3.8) is 0 Å². The third-order valence-electron chi connectivity index (χ3n) is 4.34. The first-order valence-electron chi connectivity index (χ1n) is 7.27. The molecule has 1 heterocycles. The Bertz CT molecular complexity index is 478. The summed E-state index contributed by atoms with van der Waals surface area (Å²) in [4.78, 5) is 12.9. The van der Waals surface area contributed by atoms with Gasteiger partial charge in [-0.1, -0.05) is 26.0 Å². The Labute approximate surface area is 119 Å². The van der Waals surface area contributed by atoms with Gasteiger partial charge in [0.25, 0.3) is 5.69 Å². The predicted octanol–water partition coefficient (Wildman–Crippen LogP) is 2.71. The van der Waals surface area contributed by atoms with Gasteiger partial charge in [0.15, 0.2) is 0 Å². The molecule has 1 aliphatic heterocycles. The number of hydrogen-bond donors (Lipinski definition) is 1. The molecule has 1 saturated heterocycles. The lowest BCUT2D eigenvalue weighted by Crippen LogP contribution is -2.48. The normalized spacial score (nSPS) is 25.4. The fourth-order valence-corrected chi connectivity index (χ4v) is 2.96. The van der Waals surface area contributed by atoms with E-state index in [-0.39, 0.29) is 22.7 Å². The Kier molecular flexibility index (Phi) is 4.73. The minimum Gasteiger partial charge on any atom is -0.326 e. The van der Waals surface area contributed by atoms with E-state index in [0.717, 1.165) is 31.5 Å². The Hall–Kier alpha value is -1.46. The second-order valence-electron chi connectivity index (χ2n) is 5.70. The van der Waals surface area contributed by atoms with Gasteiger partial charge in [0.2, 0.25) is 0 Å².